The molecule has 0 radical (unpaired) electrons. The molecule has 1 aromatic carbocycles. The number of thioether (sulfide) groups is 1. The van der Waals surface area contributed by atoms with Crippen molar-refractivity contribution in [3.63, 3.8) is 0 Å². The Labute approximate surface area is 160 Å². The fraction of sp³-hybridized carbons (Fsp3) is 0.125. The van der Waals surface area contributed by atoms with Gasteiger partial charge < -0.3 is 0 Å². The second kappa shape index (κ2) is 6.86. The zero-order valence-corrected chi connectivity index (χ0v) is 15.0. The predicted octanol–water partition coefficient (Wildman–Crippen LogP) is 4.27. The molecular weight excluding hydrogens is 401 g/mol. The Hall–Kier alpha value is -2.59. The highest BCUT2D eigenvalue weighted by Crippen LogP contribution is 2.36. The van der Waals surface area contributed by atoms with Crippen LogP contribution in [0.5, 0.6) is 0 Å². The third-order valence-electron chi connectivity index (χ3n) is 3.76. The fourth-order valence-corrected chi connectivity index (χ4v) is 3.60. The zero-order chi connectivity index (χ0) is 19.0. The number of pyridine rings is 1. The van der Waals surface area contributed by atoms with Crippen molar-refractivity contribution in [2.75, 3.05) is 0 Å². The summed E-state index contributed by atoms with van der Waals surface area (Å²) >= 11 is 7.05. The molecule has 3 aromatic heterocycles. The van der Waals surface area contributed by atoms with Gasteiger partial charge in [0.15, 0.2) is 11.0 Å². The molecule has 0 saturated carbocycles. The van der Waals surface area contributed by atoms with Crippen molar-refractivity contribution in [3.8, 4) is 5.69 Å². The van der Waals surface area contributed by atoms with Gasteiger partial charge in [0.05, 0.1) is 28.7 Å². The van der Waals surface area contributed by atoms with Crippen LogP contribution in [0.1, 0.15) is 11.4 Å². The van der Waals surface area contributed by atoms with Crippen molar-refractivity contribution in [1.29, 1.82) is 0 Å². The molecule has 0 atom stereocenters. The molecule has 27 heavy (non-hydrogen) atoms. The van der Waals surface area contributed by atoms with E-state index >= 15 is 0 Å². The molecule has 0 aliphatic carbocycles. The van der Waals surface area contributed by atoms with E-state index in [9.17, 15) is 13.2 Å². The van der Waals surface area contributed by atoms with Crippen molar-refractivity contribution in [1.82, 2.24) is 29.6 Å². The maximum absolute atomic E-state index is 13.4. The summed E-state index contributed by atoms with van der Waals surface area (Å²) in [5, 5.41) is 11.8. The number of hydrogen-bond acceptors (Lipinski definition) is 5. The van der Waals surface area contributed by atoms with Gasteiger partial charge in [0.1, 0.15) is 0 Å². The Kier molecular flexibility index (Phi) is 4.52. The standard InChI is InChI=1S/C16H10ClF3N6S/c17-10-4-5-13(12(7-10)16(18,19)20)26-14(22-23-24-26)9-27-15-21-8-11-3-1-2-6-25(11)15/h1-8H,9H2. The largest absolute Gasteiger partial charge is 0.418 e. The number of benzene rings is 1. The van der Waals surface area contributed by atoms with E-state index in [1.54, 1.807) is 6.20 Å². The van der Waals surface area contributed by atoms with E-state index < -0.39 is 11.7 Å². The van der Waals surface area contributed by atoms with Gasteiger partial charge in [-0.3, -0.25) is 4.40 Å². The molecule has 0 unspecified atom stereocenters. The van der Waals surface area contributed by atoms with Gasteiger partial charge in [-0.25, -0.2) is 4.98 Å². The molecule has 0 spiro atoms. The second-order valence-corrected chi connectivity index (χ2v) is 6.87. The van der Waals surface area contributed by atoms with Crippen LogP contribution in [-0.2, 0) is 11.9 Å². The van der Waals surface area contributed by atoms with E-state index in [1.807, 2.05) is 28.8 Å². The molecule has 0 aliphatic heterocycles. The normalized spacial score (nSPS) is 12.0. The molecule has 4 rings (SSSR count). The number of fused-ring (bicyclic) bond motifs is 1. The molecule has 0 amide bonds. The highest BCUT2D eigenvalue weighted by molar-refractivity contribution is 7.98. The number of nitrogens with zero attached hydrogens (tertiary/aromatic N) is 6. The lowest BCUT2D eigenvalue weighted by Gasteiger charge is -2.13. The second-order valence-electron chi connectivity index (χ2n) is 5.49. The average molecular weight is 411 g/mol. The van der Waals surface area contributed by atoms with Gasteiger partial charge in [-0.15, -0.1) is 5.10 Å². The molecule has 0 bridgehead atoms. The molecule has 0 N–H and O–H groups in total. The summed E-state index contributed by atoms with van der Waals surface area (Å²) in [6.45, 7) is 0. The van der Waals surface area contributed by atoms with Crippen molar-refractivity contribution in [3.05, 3.63) is 65.2 Å². The Bertz CT molecular complexity index is 1110. The summed E-state index contributed by atoms with van der Waals surface area (Å²) in [4.78, 5) is 4.32. The molecule has 0 saturated heterocycles. The van der Waals surface area contributed by atoms with E-state index in [4.69, 9.17) is 11.6 Å². The number of tetrazole rings is 1. The Morgan fingerprint density at radius 3 is 2.81 bits per heavy atom. The maximum Gasteiger partial charge on any atom is 0.418 e. The minimum Gasteiger partial charge on any atom is -0.295 e. The first-order valence-electron chi connectivity index (χ1n) is 7.63. The van der Waals surface area contributed by atoms with Gasteiger partial charge in [0, 0.05) is 11.2 Å². The van der Waals surface area contributed by atoms with Crippen molar-refractivity contribution >= 4 is 28.9 Å². The third-order valence-corrected chi connectivity index (χ3v) is 4.96. The van der Waals surface area contributed by atoms with E-state index in [2.05, 4.69) is 20.5 Å². The van der Waals surface area contributed by atoms with Crippen molar-refractivity contribution < 1.29 is 13.2 Å². The first kappa shape index (κ1) is 17.8. The third kappa shape index (κ3) is 3.50. The fourth-order valence-electron chi connectivity index (χ4n) is 2.56. The summed E-state index contributed by atoms with van der Waals surface area (Å²) < 4.78 is 43.1. The summed E-state index contributed by atoms with van der Waals surface area (Å²) in [6, 6.07) is 9.15. The number of halogens is 4. The van der Waals surface area contributed by atoms with Gasteiger partial charge in [-0.05, 0) is 40.8 Å². The molecule has 11 heteroatoms. The lowest BCUT2D eigenvalue weighted by Crippen LogP contribution is -2.13. The molecule has 0 aliphatic rings. The predicted molar refractivity (Wildman–Crippen MR) is 93.9 cm³/mol. The highest BCUT2D eigenvalue weighted by Gasteiger charge is 2.35. The minimum absolute atomic E-state index is 0.0149. The molecular formula is C16H10ClF3N6S. The van der Waals surface area contributed by atoms with Crippen LogP contribution in [0.25, 0.3) is 11.2 Å². The smallest absolute Gasteiger partial charge is 0.295 e. The number of rotatable bonds is 4. The lowest BCUT2D eigenvalue weighted by molar-refractivity contribution is -0.137. The molecule has 138 valence electrons. The number of imidazole rings is 1. The summed E-state index contributed by atoms with van der Waals surface area (Å²) in [6.07, 6.45) is -1.02. The quantitative estimate of drug-likeness (QED) is 0.470. The lowest BCUT2D eigenvalue weighted by atomic mass is 10.1. The van der Waals surface area contributed by atoms with Crippen molar-refractivity contribution in [2.45, 2.75) is 17.1 Å². The maximum atomic E-state index is 13.4. The van der Waals surface area contributed by atoms with Crippen molar-refractivity contribution in [2.24, 2.45) is 0 Å². The number of aromatic nitrogens is 6. The molecule has 3 heterocycles. The highest BCUT2D eigenvalue weighted by atomic mass is 35.5. The number of alkyl halides is 3. The summed E-state index contributed by atoms with van der Waals surface area (Å²) in [5.41, 5.74) is -0.170. The van der Waals surface area contributed by atoms with Crippen LogP contribution in [0.2, 0.25) is 5.02 Å². The monoisotopic (exact) mass is 410 g/mol. The van der Waals surface area contributed by atoms with Crippen LogP contribution in [0.3, 0.4) is 0 Å². The van der Waals surface area contributed by atoms with Crippen LogP contribution in [0.15, 0.2) is 53.9 Å². The van der Waals surface area contributed by atoms with Crippen LogP contribution in [0, 0.1) is 0 Å². The molecule has 0 fully saturated rings. The van der Waals surface area contributed by atoms with Gasteiger partial charge in [-0.1, -0.05) is 29.4 Å². The van der Waals surface area contributed by atoms with E-state index in [0.29, 0.717) is 5.16 Å². The van der Waals surface area contributed by atoms with Gasteiger partial charge >= 0.3 is 6.18 Å². The van der Waals surface area contributed by atoms with E-state index in [1.165, 1.54) is 23.9 Å². The Morgan fingerprint density at radius 2 is 2.00 bits per heavy atom. The van der Waals surface area contributed by atoms with Gasteiger partial charge in [0.2, 0.25) is 0 Å². The first-order valence-corrected chi connectivity index (χ1v) is 8.99. The summed E-state index contributed by atoms with van der Waals surface area (Å²) in [5.74, 6) is 0.501. The topological polar surface area (TPSA) is 60.9 Å². The Morgan fingerprint density at radius 1 is 1.15 bits per heavy atom. The van der Waals surface area contributed by atoms with Gasteiger partial charge in [-0.2, -0.15) is 17.9 Å². The minimum atomic E-state index is -4.59. The molecule has 4 aromatic rings. The van der Waals surface area contributed by atoms with Crippen LogP contribution >= 0.6 is 23.4 Å². The molecule has 6 nitrogen and oxygen atoms in total. The van der Waals surface area contributed by atoms with Crippen LogP contribution < -0.4 is 0 Å². The van der Waals surface area contributed by atoms with Gasteiger partial charge in [0.25, 0.3) is 0 Å². The van der Waals surface area contributed by atoms with Crippen LogP contribution in [-0.4, -0.2) is 29.6 Å². The van der Waals surface area contributed by atoms with E-state index in [0.717, 1.165) is 16.3 Å². The zero-order valence-electron chi connectivity index (χ0n) is 13.4. The Balaban J connectivity index is 1.66. The van der Waals surface area contributed by atoms with Crippen LogP contribution in [0.4, 0.5) is 13.2 Å². The van der Waals surface area contributed by atoms with E-state index in [-0.39, 0.29) is 22.3 Å². The summed E-state index contributed by atoms with van der Waals surface area (Å²) in [7, 11) is 0. The first-order chi connectivity index (χ1) is 12.9. The average Bonchev–Trinajstić information content (AvgIpc) is 3.26. The SMILES string of the molecule is FC(F)(F)c1cc(Cl)ccc1-n1nnnc1CSc1ncc2ccccn12. The number of hydrogen-bond donors (Lipinski definition) is 0.